The SMILES string of the molecule is CC1(C)c2ccccc2N(c2c(-c3cccc4ccccc34)ccc3ccccc23)c2cccc(-c3ccc(N(c4ccc5ccccc5c4)c4cccc5ccccc45)cc3)c21. The van der Waals surface area contributed by atoms with Gasteiger partial charge in [-0.15, -0.1) is 0 Å². The Morgan fingerprint density at radius 3 is 1.70 bits per heavy atom. The topological polar surface area (TPSA) is 6.48 Å². The first kappa shape index (κ1) is 36.9. The molecular formula is C61H44N2. The molecule has 0 atom stereocenters. The molecule has 0 aromatic heterocycles. The fourth-order valence-corrected chi connectivity index (χ4v) is 10.4. The van der Waals surface area contributed by atoms with Crippen molar-refractivity contribution in [2.24, 2.45) is 0 Å². The van der Waals surface area contributed by atoms with Gasteiger partial charge >= 0.3 is 0 Å². The Labute approximate surface area is 368 Å². The van der Waals surface area contributed by atoms with E-state index in [1.165, 1.54) is 93.5 Å². The lowest BCUT2D eigenvalue weighted by atomic mass is 9.70. The summed E-state index contributed by atoms with van der Waals surface area (Å²) in [5.41, 5.74) is 14.2. The summed E-state index contributed by atoms with van der Waals surface area (Å²) in [7, 11) is 0. The molecule has 1 aliphatic rings. The Balaban J connectivity index is 1.06. The molecule has 0 fully saturated rings. The van der Waals surface area contributed by atoms with Gasteiger partial charge in [0.05, 0.1) is 22.7 Å². The van der Waals surface area contributed by atoms with Crippen molar-refractivity contribution in [3.05, 3.63) is 242 Å². The Morgan fingerprint density at radius 2 is 0.905 bits per heavy atom. The zero-order valence-corrected chi connectivity index (χ0v) is 35.3. The molecule has 11 aromatic carbocycles. The highest BCUT2D eigenvalue weighted by Gasteiger charge is 2.40. The van der Waals surface area contributed by atoms with Crippen molar-refractivity contribution in [1.82, 2.24) is 0 Å². The molecule has 1 aliphatic heterocycles. The van der Waals surface area contributed by atoms with E-state index in [0.29, 0.717) is 0 Å². The van der Waals surface area contributed by atoms with Gasteiger partial charge in [0.2, 0.25) is 0 Å². The largest absolute Gasteiger partial charge is 0.310 e. The fraction of sp³-hybridized carbons (Fsp3) is 0.0492. The molecular weight excluding hydrogens is 761 g/mol. The van der Waals surface area contributed by atoms with E-state index in [1.807, 2.05) is 0 Å². The first-order chi connectivity index (χ1) is 31.0. The molecule has 0 saturated heterocycles. The predicted molar refractivity (Wildman–Crippen MR) is 269 cm³/mol. The Morgan fingerprint density at radius 1 is 0.365 bits per heavy atom. The van der Waals surface area contributed by atoms with Gasteiger partial charge in [-0.2, -0.15) is 0 Å². The van der Waals surface area contributed by atoms with Gasteiger partial charge in [-0.1, -0.05) is 202 Å². The van der Waals surface area contributed by atoms with E-state index in [2.05, 4.69) is 254 Å². The van der Waals surface area contributed by atoms with E-state index in [4.69, 9.17) is 0 Å². The maximum Gasteiger partial charge on any atom is 0.0618 e. The summed E-state index contributed by atoms with van der Waals surface area (Å²) in [6.45, 7) is 4.80. The summed E-state index contributed by atoms with van der Waals surface area (Å²) < 4.78 is 0. The predicted octanol–water partition coefficient (Wildman–Crippen LogP) is 17.2. The summed E-state index contributed by atoms with van der Waals surface area (Å²) >= 11 is 0. The summed E-state index contributed by atoms with van der Waals surface area (Å²) in [5.74, 6) is 0. The van der Waals surface area contributed by atoms with Crippen LogP contribution >= 0.6 is 0 Å². The molecule has 63 heavy (non-hydrogen) atoms. The first-order valence-corrected chi connectivity index (χ1v) is 21.9. The van der Waals surface area contributed by atoms with Gasteiger partial charge in [-0.05, 0) is 103 Å². The average molecular weight is 805 g/mol. The van der Waals surface area contributed by atoms with Crippen LogP contribution in [0.5, 0.6) is 0 Å². The lowest BCUT2D eigenvalue weighted by Crippen LogP contribution is -2.31. The molecule has 0 N–H and O–H groups in total. The molecule has 0 saturated carbocycles. The maximum atomic E-state index is 2.56. The molecule has 0 aliphatic carbocycles. The molecule has 2 heteroatoms. The van der Waals surface area contributed by atoms with Gasteiger partial charge in [0.1, 0.15) is 0 Å². The quantitative estimate of drug-likeness (QED) is 0.165. The normalized spacial score (nSPS) is 13.0. The highest BCUT2D eigenvalue weighted by molar-refractivity contribution is 6.11. The Kier molecular flexibility index (Phi) is 8.55. The monoisotopic (exact) mass is 804 g/mol. The summed E-state index contributed by atoms with van der Waals surface area (Å²) in [5, 5.41) is 9.80. The fourth-order valence-electron chi connectivity index (χ4n) is 10.4. The Bertz CT molecular complexity index is 3550. The highest BCUT2D eigenvalue weighted by atomic mass is 15.2. The first-order valence-electron chi connectivity index (χ1n) is 21.9. The van der Waals surface area contributed by atoms with Crippen molar-refractivity contribution in [1.29, 1.82) is 0 Å². The van der Waals surface area contributed by atoms with E-state index in [-0.39, 0.29) is 5.41 Å². The maximum absolute atomic E-state index is 2.56. The van der Waals surface area contributed by atoms with Crippen LogP contribution in [0.15, 0.2) is 231 Å². The van der Waals surface area contributed by atoms with E-state index < -0.39 is 0 Å². The third kappa shape index (κ3) is 5.94. The highest BCUT2D eigenvalue weighted by Crippen LogP contribution is 2.57. The second-order valence-corrected chi connectivity index (χ2v) is 17.3. The molecule has 11 aromatic rings. The number of rotatable bonds is 6. The number of para-hydroxylation sites is 1. The van der Waals surface area contributed by atoms with Crippen LogP contribution in [0.4, 0.5) is 34.1 Å². The van der Waals surface area contributed by atoms with Crippen LogP contribution in [-0.4, -0.2) is 0 Å². The van der Waals surface area contributed by atoms with E-state index in [1.54, 1.807) is 0 Å². The van der Waals surface area contributed by atoms with Crippen molar-refractivity contribution in [3.8, 4) is 22.3 Å². The molecule has 0 bridgehead atoms. The van der Waals surface area contributed by atoms with Crippen molar-refractivity contribution >= 4 is 77.2 Å². The summed E-state index contributed by atoms with van der Waals surface area (Å²) in [6, 6.07) is 84.8. The smallest absolute Gasteiger partial charge is 0.0618 e. The molecule has 0 radical (unpaired) electrons. The molecule has 1 heterocycles. The van der Waals surface area contributed by atoms with Gasteiger partial charge in [0.15, 0.2) is 0 Å². The second-order valence-electron chi connectivity index (χ2n) is 17.3. The average Bonchev–Trinajstić information content (AvgIpc) is 3.34. The molecule has 0 spiro atoms. The standard InChI is InChI=1S/C61H44N2/c1-61(2)55-28-11-12-29-57(55)63(60-52-25-10-7-19-44(52)35-39-54(60)53-27-13-21-42-17-5-8-23-49(42)53)58-31-15-26-51(59(58)61)45-33-36-47(37-34-45)62(48-38-32-41-16-3-4-20-46(41)40-48)56-30-14-22-43-18-6-9-24-50(43)56/h3-40H,1-2H3. The van der Waals surface area contributed by atoms with E-state index in [9.17, 15) is 0 Å². The zero-order valence-electron chi connectivity index (χ0n) is 35.3. The minimum atomic E-state index is -0.304. The third-order valence-electron chi connectivity index (χ3n) is 13.4. The van der Waals surface area contributed by atoms with Crippen LogP contribution in [0.25, 0.3) is 65.3 Å². The van der Waals surface area contributed by atoms with Crippen molar-refractivity contribution in [2.75, 3.05) is 9.80 Å². The van der Waals surface area contributed by atoms with Crippen molar-refractivity contribution < 1.29 is 0 Å². The zero-order chi connectivity index (χ0) is 42.1. The van der Waals surface area contributed by atoms with Gasteiger partial charge in [-0.3, -0.25) is 0 Å². The minimum Gasteiger partial charge on any atom is -0.310 e. The number of benzene rings is 11. The number of anilines is 6. The minimum absolute atomic E-state index is 0.304. The lowest BCUT2D eigenvalue weighted by molar-refractivity contribution is 0.634. The van der Waals surface area contributed by atoms with Gasteiger partial charge in [-0.25, -0.2) is 0 Å². The molecule has 0 unspecified atom stereocenters. The molecule has 0 amide bonds. The Hall–Kier alpha value is -7.94. The number of hydrogen-bond donors (Lipinski definition) is 0. The molecule has 298 valence electrons. The molecule has 12 rings (SSSR count). The summed E-state index contributed by atoms with van der Waals surface area (Å²) in [4.78, 5) is 4.98. The van der Waals surface area contributed by atoms with Gasteiger partial charge in [0, 0.05) is 33.1 Å². The summed E-state index contributed by atoms with van der Waals surface area (Å²) in [6.07, 6.45) is 0. The number of fused-ring (bicyclic) bond motifs is 6. The van der Waals surface area contributed by atoms with Crippen LogP contribution in [0.2, 0.25) is 0 Å². The van der Waals surface area contributed by atoms with Crippen molar-refractivity contribution in [2.45, 2.75) is 19.3 Å². The van der Waals surface area contributed by atoms with E-state index >= 15 is 0 Å². The molecule has 2 nitrogen and oxygen atoms in total. The second kappa shape index (κ2) is 14.6. The van der Waals surface area contributed by atoms with Crippen LogP contribution in [-0.2, 0) is 5.41 Å². The number of hydrogen-bond acceptors (Lipinski definition) is 2. The van der Waals surface area contributed by atoms with Crippen LogP contribution in [0.3, 0.4) is 0 Å². The van der Waals surface area contributed by atoms with Crippen molar-refractivity contribution in [3.63, 3.8) is 0 Å². The van der Waals surface area contributed by atoms with Crippen LogP contribution in [0, 0.1) is 0 Å². The van der Waals surface area contributed by atoms with Crippen LogP contribution in [0.1, 0.15) is 25.0 Å². The number of nitrogens with zero attached hydrogens (tertiary/aromatic N) is 2. The lowest BCUT2D eigenvalue weighted by Gasteiger charge is -2.44. The van der Waals surface area contributed by atoms with Gasteiger partial charge in [0.25, 0.3) is 0 Å². The van der Waals surface area contributed by atoms with Gasteiger partial charge < -0.3 is 9.80 Å². The third-order valence-corrected chi connectivity index (χ3v) is 13.4. The van der Waals surface area contributed by atoms with Crippen LogP contribution < -0.4 is 9.80 Å². The van der Waals surface area contributed by atoms with E-state index in [0.717, 1.165) is 17.1 Å².